The van der Waals surface area contributed by atoms with Gasteiger partial charge in [0.15, 0.2) is 0 Å². The summed E-state index contributed by atoms with van der Waals surface area (Å²) in [6.07, 6.45) is 2.05. The highest BCUT2D eigenvalue weighted by atomic mass is 16.5. The van der Waals surface area contributed by atoms with Crippen LogP contribution < -0.4 is 5.32 Å². The van der Waals surface area contributed by atoms with Crippen molar-refractivity contribution in [1.29, 1.82) is 0 Å². The van der Waals surface area contributed by atoms with E-state index in [-0.39, 0.29) is 0 Å². The van der Waals surface area contributed by atoms with Crippen LogP contribution in [0.1, 0.15) is 36.3 Å². The Morgan fingerprint density at radius 2 is 2.35 bits per heavy atom. The van der Waals surface area contributed by atoms with Gasteiger partial charge in [-0.3, -0.25) is 0 Å². The maximum absolute atomic E-state index is 5.49. The second-order valence-electron chi connectivity index (χ2n) is 4.63. The van der Waals surface area contributed by atoms with Crippen molar-refractivity contribution in [1.82, 2.24) is 15.5 Å². The standard InChI is InChI=1S/C13H21N3O/c1-4-12-11(7-9(2)15-16-12)13(14-3)10-5-6-17-8-10/h7,10,13-14H,4-6,8H2,1-3H3. The lowest BCUT2D eigenvalue weighted by Crippen LogP contribution is -2.27. The Balaban J connectivity index is 2.31. The summed E-state index contributed by atoms with van der Waals surface area (Å²) in [7, 11) is 2.01. The molecule has 0 spiro atoms. The quantitative estimate of drug-likeness (QED) is 0.862. The lowest BCUT2D eigenvalue weighted by atomic mass is 9.91. The third kappa shape index (κ3) is 2.64. The van der Waals surface area contributed by atoms with Gasteiger partial charge in [0.2, 0.25) is 0 Å². The molecule has 4 heteroatoms. The maximum atomic E-state index is 5.49. The predicted molar refractivity (Wildman–Crippen MR) is 66.9 cm³/mol. The highest BCUT2D eigenvalue weighted by Crippen LogP contribution is 2.30. The summed E-state index contributed by atoms with van der Waals surface area (Å²) in [5, 5.41) is 11.9. The van der Waals surface area contributed by atoms with E-state index in [4.69, 9.17) is 4.74 Å². The Morgan fingerprint density at radius 3 is 2.94 bits per heavy atom. The zero-order valence-corrected chi connectivity index (χ0v) is 10.9. The zero-order valence-electron chi connectivity index (χ0n) is 10.9. The average Bonchev–Trinajstić information content (AvgIpc) is 2.84. The fourth-order valence-corrected chi connectivity index (χ4v) is 2.54. The van der Waals surface area contributed by atoms with Gasteiger partial charge in [-0.15, -0.1) is 0 Å². The van der Waals surface area contributed by atoms with Gasteiger partial charge in [-0.1, -0.05) is 6.92 Å². The van der Waals surface area contributed by atoms with Crippen molar-refractivity contribution in [2.45, 2.75) is 32.7 Å². The van der Waals surface area contributed by atoms with E-state index in [2.05, 4.69) is 28.5 Å². The van der Waals surface area contributed by atoms with Crippen LogP contribution in [0.15, 0.2) is 6.07 Å². The van der Waals surface area contributed by atoms with E-state index in [1.54, 1.807) is 0 Å². The molecule has 0 aliphatic carbocycles. The van der Waals surface area contributed by atoms with Gasteiger partial charge in [-0.25, -0.2) is 0 Å². The van der Waals surface area contributed by atoms with Crippen molar-refractivity contribution >= 4 is 0 Å². The van der Waals surface area contributed by atoms with Gasteiger partial charge in [-0.2, -0.15) is 10.2 Å². The minimum Gasteiger partial charge on any atom is -0.381 e. The molecule has 1 saturated heterocycles. The van der Waals surface area contributed by atoms with Gasteiger partial charge < -0.3 is 10.1 Å². The minimum absolute atomic E-state index is 0.335. The van der Waals surface area contributed by atoms with E-state index in [0.717, 1.165) is 37.4 Å². The Kier molecular flexibility index (Phi) is 4.07. The molecule has 4 nitrogen and oxygen atoms in total. The van der Waals surface area contributed by atoms with Crippen LogP contribution in [-0.2, 0) is 11.2 Å². The van der Waals surface area contributed by atoms with E-state index in [0.29, 0.717) is 12.0 Å². The molecule has 0 radical (unpaired) electrons. The molecule has 1 aliphatic heterocycles. The molecule has 1 fully saturated rings. The van der Waals surface area contributed by atoms with Crippen molar-refractivity contribution in [2.75, 3.05) is 20.3 Å². The first-order chi connectivity index (χ1) is 8.26. The first-order valence-electron chi connectivity index (χ1n) is 6.34. The van der Waals surface area contributed by atoms with Crippen LogP contribution in [0, 0.1) is 12.8 Å². The minimum atomic E-state index is 0.335. The summed E-state index contributed by atoms with van der Waals surface area (Å²) < 4.78 is 5.49. The number of nitrogens with one attached hydrogen (secondary N) is 1. The van der Waals surface area contributed by atoms with Crippen molar-refractivity contribution in [3.63, 3.8) is 0 Å². The van der Waals surface area contributed by atoms with Crippen molar-refractivity contribution in [2.24, 2.45) is 5.92 Å². The van der Waals surface area contributed by atoms with Gasteiger partial charge in [-0.05, 0) is 38.4 Å². The second-order valence-corrected chi connectivity index (χ2v) is 4.63. The number of nitrogens with zero attached hydrogens (tertiary/aromatic N) is 2. The monoisotopic (exact) mass is 235 g/mol. The number of aryl methyl sites for hydroxylation is 2. The van der Waals surface area contributed by atoms with Crippen molar-refractivity contribution < 1.29 is 4.74 Å². The molecular weight excluding hydrogens is 214 g/mol. The topological polar surface area (TPSA) is 47.0 Å². The molecule has 94 valence electrons. The van der Waals surface area contributed by atoms with E-state index >= 15 is 0 Å². The van der Waals surface area contributed by atoms with Crippen LogP contribution in [-0.4, -0.2) is 30.5 Å². The molecule has 1 aromatic heterocycles. The third-order valence-corrected chi connectivity index (χ3v) is 3.44. The zero-order chi connectivity index (χ0) is 12.3. The summed E-state index contributed by atoms with van der Waals surface area (Å²) in [5.41, 5.74) is 3.37. The highest BCUT2D eigenvalue weighted by Gasteiger charge is 2.27. The second kappa shape index (κ2) is 5.56. The summed E-state index contributed by atoms with van der Waals surface area (Å²) in [6.45, 7) is 5.84. The molecule has 0 saturated carbocycles. The van der Waals surface area contributed by atoms with E-state index in [9.17, 15) is 0 Å². The smallest absolute Gasteiger partial charge is 0.0676 e. The molecule has 2 heterocycles. The molecule has 1 aliphatic rings. The lowest BCUT2D eigenvalue weighted by Gasteiger charge is -2.24. The number of hydrogen-bond acceptors (Lipinski definition) is 4. The summed E-state index contributed by atoms with van der Waals surface area (Å²) in [4.78, 5) is 0. The molecule has 2 rings (SSSR count). The molecule has 1 N–H and O–H groups in total. The molecule has 17 heavy (non-hydrogen) atoms. The molecule has 2 atom stereocenters. The molecule has 1 aromatic rings. The van der Waals surface area contributed by atoms with Crippen LogP contribution in [0.4, 0.5) is 0 Å². The van der Waals surface area contributed by atoms with Crippen molar-refractivity contribution in [3.05, 3.63) is 23.0 Å². The fourth-order valence-electron chi connectivity index (χ4n) is 2.54. The van der Waals surface area contributed by atoms with Gasteiger partial charge >= 0.3 is 0 Å². The van der Waals surface area contributed by atoms with Gasteiger partial charge in [0.25, 0.3) is 0 Å². The molecule has 0 bridgehead atoms. The Hall–Kier alpha value is -1.00. The van der Waals surface area contributed by atoms with Gasteiger partial charge in [0.1, 0.15) is 0 Å². The van der Waals surface area contributed by atoms with Crippen LogP contribution in [0.2, 0.25) is 0 Å². The Morgan fingerprint density at radius 1 is 1.53 bits per heavy atom. The van der Waals surface area contributed by atoms with Crippen LogP contribution in [0.5, 0.6) is 0 Å². The van der Waals surface area contributed by atoms with Crippen LogP contribution in [0.3, 0.4) is 0 Å². The lowest BCUT2D eigenvalue weighted by molar-refractivity contribution is 0.177. The summed E-state index contributed by atoms with van der Waals surface area (Å²) >= 11 is 0. The van der Waals surface area contributed by atoms with Crippen molar-refractivity contribution in [3.8, 4) is 0 Å². The third-order valence-electron chi connectivity index (χ3n) is 3.44. The average molecular weight is 235 g/mol. The summed E-state index contributed by atoms with van der Waals surface area (Å²) in [5.74, 6) is 0.550. The van der Waals surface area contributed by atoms with E-state index < -0.39 is 0 Å². The fraction of sp³-hybridized carbons (Fsp3) is 0.692. The normalized spacial score (nSPS) is 21.7. The summed E-state index contributed by atoms with van der Waals surface area (Å²) in [6, 6.07) is 2.49. The number of rotatable bonds is 4. The highest BCUT2D eigenvalue weighted by molar-refractivity contribution is 5.25. The Bertz CT molecular complexity index is 375. The first kappa shape index (κ1) is 12.5. The molecule has 0 amide bonds. The first-order valence-corrected chi connectivity index (χ1v) is 6.34. The van der Waals surface area contributed by atoms with E-state index in [1.807, 2.05) is 14.0 Å². The molecular formula is C13H21N3O. The Labute approximate surface area is 103 Å². The predicted octanol–water partition coefficient (Wildman–Crippen LogP) is 1.64. The number of aromatic nitrogens is 2. The van der Waals surface area contributed by atoms with Crippen LogP contribution in [0.25, 0.3) is 0 Å². The van der Waals surface area contributed by atoms with E-state index in [1.165, 1.54) is 5.56 Å². The molecule has 2 unspecified atom stereocenters. The number of ether oxygens (including phenoxy) is 1. The largest absolute Gasteiger partial charge is 0.381 e. The SMILES string of the molecule is CCc1nnc(C)cc1C(NC)C1CCOC1. The van der Waals surface area contributed by atoms with Crippen LogP contribution >= 0.6 is 0 Å². The van der Waals surface area contributed by atoms with Gasteiger partial charge in [0.05, 0.1) is 18.0 Å². The van der Waals surface area contributed by atoms with Gasteiger partial charge in [0, 0.05) is 18.6 Å². The maximum Gasteiger partial charge on any atom is 0.0676 e. The molecule has 0 aromatic carbocycles. The number of hydrogen-bond donors (Lipinski definition) is 1.